The predicted molar refractivity (Wildman–Crippen MR) is 72.5 cm³/mol. The van der Waals surface area contributed by atoms with E-state index in [-0.39, 0.29) is 25.2 Å². The van der Waals surface area contributed by atoms with Gasteiger partial charge < -0.3 is 24.7 Å². The maximum absolute atomic E-state index is 12.1. The van der Waals surface area contributed by atoms with Gasteiger partial charge in [0.2, 0.25) is 0 Å². The smallest absolute Gasteiger partial charge is 0.319 e. The van der Waals surface area contributed by atoms with Crippen LogP contribution in [0.25, 0.3) is 0 Å². The number of aliphatic carboxylic acids is 1. The first-order valence-corrected chi connectivity index (χ1v) is 6.91. The minimum atomic E-state index is -0.864. The molecule has 1 heterocycles. The molecule has 116 valence electrons. The Kier molecular flexibility index (Phi) is 6.74. The first-order chi connectivity index (χ1) is 9.40. The van der Waals surface area contributed by atoms with E-state index in [0.29, 0.717) is 32.5 Å². The highest BCUT2D eigenvalue weighted by Gasteiger charge is 2.25. The molecule has 1 unspecified atom stereocenters. The fourth-order valence-electron chi connectivity index (χ4n) is 2.24. The zero-order valence-electron chi connectivity index (χ0n) is 12.1. The summed E-state index contributed by atoms with van der Waals surface area (Å²) in [5.74, 6) is -0.864. The van der Waals surface area contributed by atoms with Crippen molar-refractivity contribution in [3.63, 3.8) is 0 Å². The second-order valence-electron chi connectivity index (χ2n) is 5.21. The van der Waals surface area contributed by atoms with Crippen LogP contribution in [0.2, 0.25) is 0 Å². The van der Waals surface area contributed by atoms with Crippen LogP contribution in [0.4, 0.5) is 4.79 Å². The van der Waals surface area contributed by atoms with Crippen LogP contribution in [-0.2, 0) is 9.53 Å². The van der Waals surface area contributed by atoms with Gasteiger partial charge in [-0.2, -0.15) is 0 Å². The Balaban J connectivity index is 2.27. The van der Waals surface area contributed by atoms with Crippen molar-refractivity contribution in [2.45, 2.75) is 38.4 Å². The highest BCUT2D eigenvalue weighted by atomic mass is 16.5. The summed E-state index contributed by atoms with van der Waals surface area (Å²) in [5, 5.41) is 17.8. The third kappa shape index (κ3) is 5.75. The van der Waals surface area contributed by atoms with Crippen LogP contribution in [0.5, 0.6) is 0 Å². The molecular weight excluding hydrogens is 264 g/mol. The molecule has 2 N–H and O–H groups in total. The summed E-state index contributed by atoms with van der Waals surface area (Å²) in [6.07, 6.45) is 0.930. The van der Waals surface area contributed by atoms with Crippen LogP contribution in [0.15, 0.2) is 0 Å². The highest BCUT2D eigenvalue weighted by Crippen LogP contribution is 2.15. The van der Waals surface area contributed by atoms with Gasteiger partial charge in [0.25, 0.3) is 0 Å². The number of carbonyl (C=O) groups excluding carboxylic acids is 1. The Morgan fingerprint density at radius 3 is 2.50 bits per heavy atom. The van der Waals surface area contributed by atoms with Gasteiger partial charge in [0.15, 0.2) is 0 Å². The van der Waals surface area contributed by atoms with Crippen molar-refractivity contribution in [1.82, 2.24) is 9.80 Å². The number of likely N-dealkylation sites (tertiary alicyclic amines) is 1. The van der Waals surface area contributed by atoms with E-state index in [9.17, 15) is 14.7 Å². The third-order valence-electron chi connectivity index (χ3n) is 3.25. The number of carboxylic acid groups (broad SMARTS) is 1. The molecule has 0 aromatic rings. The monoisotopic (exact) mass is 288 g/mol. The molecule has 7 nitrogen and oxygen atoms in total. The Morgan fingerprint density at radius 2 is 2.00 bits per heavy atom. The molecule has 0 aromatic carbocycles. The number of carbonyl (C=O) groups is 2. The number of aliphatic hydroxyl groups is 1. The number of likely N-dealkylation sites (N-methyl/N-ethyl adjacent to an activating group) is 1. The summed E-state index contributed by atoms with van der Waals surface area (Å²) in [5.41, 5.74) is 0. The molecule has 1 fully saturated rings. The minimum absolute atomic E-state index is 0.0102. The molecule has 0 radical (unpaired) electrons. The number of hydrogen-bond acceptors (Lipinski definition) is 4. The standard InChI is InChI=1S/C13H24N2O5/c1-10(16)9-14(2)13(19)15-6-3-11(4-7-15)20-8-5-12(17)18/h10-11,16H,3-9H2,1-2H3,(H,17,18). The lowest BCUT2D eigenvalue weighted by molar-refractivity contribution is -0.138. The number of nitrogens with zero attached hydrogens (tertiary/aromatic N) is 2. The van der Waals surface area contributed by atoms with Crippen molar-refractivity contribution in [2.75, 3.05) is 33.3 Å². The summed E-state index contributed by atoms with van der Waals surface area (Å²) in [4.78, 5) is 25.7. The van der Waals surface area contributed by atoms with Crippen molar-refractivity contribution >= 4 is 12.0 Å². The number of hydrogen-bond donors (Lipinski definition) is 2. The predicted octanol–water partition coefficient (Wildman–Crippen LogP) is 0.375. The quantitative estimate of drug-likeness (QED) is 0.737. The molecule has 7 heteroatoms. The van der Waals surface area contributed by atoms with Gasteiger partial charge in [0, 0.05) is 26.7 Å². The van der Waals surface area contributed by atoms with E-state index in [4.69, 9.17) is 9.84 Å². The van der Waals surface area contributed by atoms with Crippen molar-refractivity contribution in [2.24, 2.45) is 0 Å². The van der Waals surface area contributed by atoms with Gasteiger partial charge in [-0.15, -0.1) is 0 Å². The number of rotatable bonds is 6. The van der Waals surface area contributed by atoms with Crippen LogP contribution in [0, 0.1) is 0 Å². The first-order valence-electron chi connectivity index (χ1n) is 6.91. The number of amides is 2. The molecule has 0 aliphatic carbocycles. The van der Waals surface area contributed by atoms with Crippen molar-refractivity contribution < 1.29 is 24.5 Å². The number of urea groups is 1. The zero-order valence-corrected chi connectivity index (χ0v) is 12.1. The van der Waals surface area contributed by atoms with Gasteiger partial charge in [-0.05, 0) is 19.8 Å². The van der Waals surface area contributed by atoms with Crippen LogP contribution in [0.3, 0.4) is 0 Å². The van der Waals surface area contributed by atoms with E-state index < -0.39 is 12.1 Å². The number of piperidine rings is 1. The Morgan fingerprint density at radius 1 is 1.40 bits per heavy atom. The van der Waals surface area contributed by atoms with Crippen molar-refractivity contribution in [3.8, 4) is 0 Å². The Hall–Kier alpha value is -1.34. The summed E-state index contributed by atoms with van der Waals surface area (Å²) >= 11 is 0. The van der Waals surface area contributed by atoms with Gasteiger partial charge >= 0.3 is 12.0 Å². The highest BCUT2D eigenvalue weighted by molar-refractivity contribution is 5.74. The van der Waals surface area contributed by atoms with E-state index in [1.54, 1.807) is 18.9 Å². The molecule has 0 spiro atoms. The zero-order chi connectivity index (χ0) is 15.1. The molecule has 1 atom stereocenters. The lowest BCUT2D eigenvalue weighted by Crippen LogP contribution is -2.48. The maximum atomic E-state index is 12.1. The molecule has 20 heavy (non-hydrogen) atoms. The molecule has 0 aromatic heterocycles. The number of aliphatic hydroxyl groups excluding tert-OH is 1. The first kappa shape index (κ1) is 16.7. The average molecular weight is 288 g/mol. The van der Waals surface area contributed by atoms with Crippen molar-refractivity contribution in [1.29, 1.82) is 0 Å². The van der Waals surface area contributed by atoms with E-state index in [1.807, 2.05) is 0 Å². The van der Waals surface area contributed by atoms with Crippen LogP contribution >= 0.6 is 0 Å². The lowest BCUT2D eigenvalue weighted by Gasteiger charge is -2.34. The Bertz CT molecular complexity index is 327. The van der Waals surface area contributed by atoms with E-state index >= 15 is 0 Å². The summed E-state index contributed by atoms with van der Waals surface area (Å²) in [6.45, 7) is 3.37. The van der Waals surface area contributed by atoms with Gasteiger partial charge in [-0.3, -0.25) is 4.79 Å². The molecule has 1 aliphatic heterocycles. The molecule has 0 saturated carbocycles. The molecule has 0 bridgehead atoms. The fraction of sp³-hybridized carbons (Fsp3) is 0.846. The van der Waals surface area contributed by atoms with Crippen LogP contribution < -0.4 is 0 Å². The second kappa shape index (κ2) is 8.06. The molecule has 1 rings (SSSR count). The topological polar surface area (TPSA) is 90.3 Å². The van der Waals surface area contributed by atoms with Gasteiger partial charge in [-0.1, -0.05) is 0 Å². The van der Waals surface area contributed by atoms with Crippen molar-refractivity contribution in [3.05, 3.63) is 0 Å². The largest absolute Gasteiger partial charge is 0.481 e. The SMILES string of the molecule is CC(O)CN(C)C(=O)N1CCC(OCCC(=O)O)CC1. The third-order valence-corrected chi connectivity index (χ3v) is 3.25. The fourth-order valence-corrected chi connectivity index (χ4v) is 2.24. The summed E-state index contributed by atoms with van der Waals surface area (Å²) < 4.78 is 5.47. The average Bonchev–Trinajstić information content (AvgIpc) is 2.37. The Labute approximate surface area is 119 Å². The molecule has 1 saturated heterocycles. The lowest BCUT2D eigenvalue weighted by atomic mass is 10.1. The van der Waals surface area contributed by atoms with Crippen LogP contribution in [0.1, 0.15) is 26.2 Å². The van der Waals surface area contributed by atoms with E-state index in [0.717, 1.165) is 0 Å². The van der Waals surface area contributed by atoms with Gasteiger partial charge in [0.1, 0.15) is 0 Å². The summed E-state index contributed by atoms with van der Waals surface area (Å²) in [6, 6.07) is -0.0881. The molecule has 2 amide bonds. The number of ether oxygens (including phenoxy) is 1. The van der Waals surface area contributed by atoms with E-state index in [2.05, 4.69) is 0 Å². The number of carboxylic acids is 1. The molecular formula is C13H24N2O5. The van der Waals surface area contributed by atoms with Crippen LogP contribution in [-0.4, -0.2) is 77.5 Å². The second-order valence-corrected chi connectivity index (χ2v) is 5.21. The van der Waals surface area contributed by atoms with E-state index in [1.165, 1.54) is 4.90 Å². The normalized spacial score (nSPS) is 17.9. The van der Waals surface area contributed by atoms with Gasteiger partial charge in [-0.25, -0.2) is 4.79 Å². The summed E-state index contributed by atoms with van der Waals surface area (Å²) in [7, 11) is 1.67. The minimum Gasteiger partial charge on any atom is -0.481 e. The maximum Gasteiger partial charge on any atom is 0.319 e. The molecule has 1 aliphatic rings. The van der Waals surface area contributed by atoms with Gasteiger partial charge in [0.05, 0.1) is 25.2 Å².